The summed E-state index contributed by atoms with van der Waals surface area (Å²) in [7, 11) is -3.60. The first-order valence-corrected chi connectivity index (χ1v) is 7.90. The molecule has 0 radical (unpaired) electrons. The number of hydrazine groups is 1. The minimum absolute atomic E-state index is 0.0254. The van der Waals surface area contributed by atoms with E-state index in [0.29, 0.717) is 5.82 Å². The molecule has 0 aliphatic carbocycles. The quantitative estimate of drug-likeness (QED) is 0.569. The van der Waals surface area contributed by atoms with Crippen LogP contribution in [0.5, 0.6) is 0 Å². The van der Waals surface area contributed by atoms with Crippen molar-refractivity contribution in [3.8, 4) is 0 Å². The second kappa shape index (κ2) is 5.67. The van der Waals surface area contributed by atoms with Gasteiger partial charge in [-0.3, -0.25) is 0 Å². The average Bonchev–Trinajstić information content (AvgIpc) is 2.24. The topological polar surface area (TPSA) is 97.1 Å². The molecule has 0 bridgehead atoms. The maximum Gasteiger partial charge on any atom is 0.242 e. The number of nitrogens with zero attached hydrogens (tertiary/aromatic N) is 1. The molecule has 0 fully saturated rings. The maximum absolute atomic E-state index is 12.3. The van der Waals surface area contributed by atoms with Crippen LogP contribution in [0.25, 0.3) is 0 Å². The summed E-state index contributed by atoms with van der Waals surface area (Å²) in [6.45, 7) is 9.98. The number of nitrogens with two attached hydrogens (primary N) is 1. The molecule has 0 saturated heterocycles. The number of hydrogen-bond acceptors (Lipinski definition) is 5. The summed E-state index contributed by atoms with van der Waals surface area (Å²) in [5, 5.41) is 0. The molecule has 1 heterocycles. The van der Waals surface area contributed by atoms with Crippen LogP contribution in [0.3, 0.4) is 0 Å². The van der Waals surface area contributed by atoms with Crippen LogP contribution in [0.15, 0.2) is 23.2 Å². The van der Waals surface area contributed by atoms with E-state index >= 15 is 0 Å². The zero-order valence-corrected chi connectivity index (χ0v) is 13.5. The van der Waals surface area contributed by atoms with Crippen molar-refractivity contribution in [2.24, 2.45) is 11.3 Å². The Kier molecular flexibility index (Phi) is 4.78. The van der Waals surface area contributed by atoms with Gasteiger partial charge in [-0.15, -0.1) is 0 Å². The van der Waals surface area contributed by atoms with Crippen molar-refractivity contribution in [2.75, 3.05) is 5.43 Å². The highest BCUT2D eigenvalue weighted by Gasteiger charge is 2.30. The number of nitrogens with one attached hydrogen (secondary N) is 2. The van der Waals surface area contributed by atoms with Crippen molar-refractivity contribution in [2.45, 2.75) is 51.5 Å². The smallest absolute Gasteiger partial charge is 0.242 e. The highest BCUT2D eigenvalue weighted by atomic mass is 32.2. The van der Waals surface area contributed by atoms with Crippen LogP contribution in [0.4, 0.5) is 5.82 Å². The fourth-order valence-corrected chi connectivity index (χ4v) is 3.77. The van der Waals surface area contributed by atoms with E-state index in [1.165, 1.54) is 18.3 Å². The minimum Gasteiger partial charge on any atom is -0.308 e. The lowest BCUT2D eigenvalue weighted by Gasteiger charge is -2.32. The standard InChI is InChI=1S/C13H24N4O2S/c1-12(2,3)9-13(4,5)17-20(18,19)10-6-7-11(16-14)15-8-10/h6-8,17H,9,14H2,1-5H3,(H,15,16). The third-order valence-electron chi connectivity index (χ3n) is 2.58. The molecule has 114 valence electrons. The molecule has 0 unspecified atom stereocenters. The molecule has 1 aromatic rings. The highest BCUT2D eigenvalue weighted by Crippen LogP contribution is 2.28. The van der Waals surface area contributed by atoms with Crippen LogP contribution >= 0.6 is 0 Å². The van der Waals surface area contributed by atoms with E-state index in [0.717, 1.165) is 6.42 Å². The SMILES string of the molecule is CC(C)(C)CC(C)(C)NS(=O)(=O)c1ccc(NN)nc1. The molecule has 0 aliphatic heterocycles. The summed E-state index contributed by atoms with van der Waals surface area (Å²) >= 11 is 0. The lowest BCUT2D eigenvalue weighted by Crippen LogP contribution is -2.45. The van der Waals surface area contributed by atoms with Crippen molar-refractivity contribution >= 4 is 15.8 Å². The van der Waals surface area contributed by atoms with E-state index in [9.17, 15) is 8.42 Å². The van der Waals surface area contributed by atoms with Crippen molar-refractivity contribution < 1.29 is 8.42 Å². The third kappa shape index (κ3) is 5.07. The maximum atomic E-state index is 12.3. The molecule has 0 aromatic carbocycles. The van der Waals surface area contributed by atoms with Gasteiger partial charge in [-0.1, -0.05) is 20.8 Å². The molecule has 0 saturated carbocycles. The van der Waals surface area contributed by atoms with Crippen molar-refractivity contribution in [1.82, 2.24) is 9.71 Å². The normalized spacial score (nSPS) is 13.3. The van der Waals surface area contributed by atoms with Crippen molar-refractivity contribution in [1.29, 1.82) is 0 Å². The molecular weight excluding hydrogens is 276 g/mol. The predicted octanol–water partition coefficient (Wildman–Crippen LogP) is 1.86. The zero-order valence-electron chi connectivity index (χ0n) is 12.7. The highest BCUT2D eigenvalue weighted by molar-refractivity contribution is 7.89. The van der Waals surface area contributed by atoms with Crippen LogP contribution in [-0.2, 0) is 10.0 Å². The summed E-state index contributed by atoms with van der Waals surface area (Å²) in [4.78, 5) is 4.04. The Labute approximate surface area is 121 Å². The van der Waals surface area contributed by atoms with Crippen LogP contribution in [0.2, 0.25) is 0 Å². The molecule has 0 atom stereocenters. The fraction of sp³-hybridized carbons (Fsp3) is 0.615. The van der Waals surface area contributed by atoms with Gasteiger partial charge in [0, 0.05) is 11.7 Å². The molecule has 20 heavy (non-hydrogen) atoms. The number of rotatable bonds is 5. The largest absolute Gasteiger partial charge is 0.308 e. The summed E-state index contributed by atoms with van der Waals surface area (Å²) < 4.78 is 27.4. The number of hydrogen-bond donors (Lipinski definition) is 3. The van der Waals surface area contributed by atoms with E-state index in [1.54, 1.807) is 0 Å². The number of anilines is 1. The molecule has 4 N–H and O–H groups in total. The number of pyridine rings is 1. The molecule has 1 aromatic heterocycles. The van der Waals surface area contributed by atoms with Crippen molar-refractivity contribution in [3.63, 3.8) is 0 Å². The molecule has 1 rings (SSSR count). The summed E-state index contributed by atoms with van der Waals surface area (Å²) in [5.41, 5.74) is 1.84. The first kappa shape index (κ1) is 16.9. The predicted molar refractivity (Wildman–Crippen MR) is 80.5 cm³/mol. The first-order chi connectivity index (χ1) is 8.95. The summed E-state index contributed by atoms with van der Waals surface area (Å²) in [5.74, 6) is 5.62. The van der Waals surface area contributed by atoms with Gasteiger partial charge in [-0.2, -0.15) is 0 Å². The zero-order chi connectivity index (χ0) is 15.6. The van der Waals surface area contributed by atoms with Crippen LogP contribution < -0.4 is 16.0 Å². The van der Waals surface area contributed by atoms with Gasteiger partial charge in [0.2, 0.25) is 10.0 Å². The first-order valence-electron chi connectivity index (χ1n) is 6.42. The Morgan fingerprint density at radius 3 is 2.20 bits per heavy atom. The monoisotopic (exact) mass is 300 g/mol. The van der Waals surface area contributed by atoms with Gasteiger partial charge in [-0.25, -0.2) is 24.0 Å². The van der Waals surface area contributed by atoms with E-state index in [2.05, 4.69) is 35.9 Å². The molecule has 0 spiro atoms. The summed E-state index contributed by atoms with van der Waals surface area (Å²) in [6.07, 6.45) is 2.00. The third-order valence-corrected chi connectivity index (χ3v) is 4.26. The Hall–Kier alpha value is -1.18. The van der Waals surface area contributed by atoms with Gasteiger partial charge in [-0.05, 0) is 37.8 Å². The second-order valence-electron chi connectivity index (χ2n) is 6.75. The van der Waals surface area contributed by atoms with E-state index in [4.69, 9.17) is 5.84 Å². The number of sulfonamides is 1. The minimum atomic E-state index is -3.60. The molecular formula is C13H24N4O2S. The molecule has 7 heteroatoms. The molecule has 0 aliphatic rings. The molecule has 6 nitrogen and oxygen atoms in total. The van der Waals surface area contributed by atoms with Gasteiger partial charge in [0.1, 0.15) is 10.7 Å². The van der Waals surface area contributed by atoms with E-state index in [-0.39, 0.29) is 10.3 Å². The summed E-state index contributed by atoms with van der Waals surface area (Å²) in [6, 6.07) is 2.99. The Morgan fingerprint density at radius 2 is 1.80 bits per heavy atom. The van der Waals surface area contributed by atoms with Crippen LogP contribution in [-0.4, -0.2) is 18.9 Å². The van der Waals surface area contributed by atoms with Crippen LogP contribution in [0, 0.1) is 5.41 Å². The second-order valence-corrected chi connectivity index (χ2v) is 8.43. The van der Waals surface area contributed by atoms with Crippen LogP contribution in [0.1, 0.15) is 41.0 Å². The molecule has 0 amide bonds. The lowest BCUT2D eigenvalue weighted by atomic mass is 9.82. The Bertz CT molecular complexity index is 545. The van der Waals surface area contributed by atoms with Gasteiger partial charge in [0.15, 0.2) is 0 Å². The van der Waals surface area contributed by atoms with Gasteiger partial charge >= 0.3 is 0 Å². The Balaban J connectivity index is 2.93. The van der Waals surface area contributed by atoms with E-state index < -0.39 is 15.6 Å². The average molecular weight is 300 g/mol. The van der Waals surface area contributed by atoms with E-state index in [1.807, 2.05) is 13.8 Å². The number of aromatic nitrogens is 1. The Morgan fingerprint density at radius 1 is 1.20 bits per heavy atom. The fourth-order valence-electron chi connectivity index (χ4n) is 2.41. The van der Waals surface area contributed by atoms with Crippen molar-refractivity contribution in [3.05, 3.63) is 18.3 Å². The van der Waals surface area contributed by atoms with Gasteiger partial charge < -0.3 is 5.43 Å². The van der Waals surface area contributed by atoms with Gasteiger partial charge in [0.05, 0.1) is 0 Å². The lowest BCUT2D eigenvalue weighted by molar-refractivity contribution is 0.269. The van der Waals surface area contributed by atoms with Gasteiger partial charge in [0.25, 0.3) is 0 Å². The number of nitrogen functional groups attached to an aromatic ring is 1.